The summed E-state index contributed by atoms with van der Waals surface area (Å²) in [4.78, 5) is 8.48. The third-order valence-corrected chi connectivity index (χ3v) is 3.98. The summed E-state index contributed by atoms with van der Waals surface area (Å²) in [5.74, 6) is 1.75. The van der Waals surface area contributed by atoms with Crippen molar-refractivity contribution in [3.63, 3.8) is 0 Å². The van der Waals surface area contributed by atoms with Gasteiger partial charge in [0.15, 0.2) is 0 Å². The van der Waals surface area contributed by atoms with Crippen LogP contribution in [0.3, 0.4) is 0 Å². The van der Waals surface area contributed by atoms with E-state index in [1.807, 2.05) is 38.2 Å². The van der Waals surface area contributed by atoms with Crippen molar-refractivity contribution in [2.45, 2.75) is 17.7 Å². The molecule has 2 aromatic rings. The highest BCUT2D eigenvalue weighted by Crippen LogP contribution is 2.26. The fraction of sp³-hybridized carbons (Fsp3) is 0.231. The molecule has 0 aliphatic heterocycles. The second-order valence-electron chi connectivity index (χ2n) is 3.82. The minimum atomic E-state index is 0.763. The third kappa shape index (κ3) is 3.15. The molecule has 0 saturated carbocycles. The predicted molar refractivity (Wildman–Crippen MR) is 77.3 cm³/mol. The monoisotopic (exact) mass is 279 g/mol. The zero-order chi connectivity index (χ0) is 13.0. The van der Waals surface area contributed by atoms with Gasteiger partial charge in [-0.3, -0.25) is 0 Å². The molecule has 1 heterocycles. The van der Waals surface area contributed by atoms with Crippen molar-refractivity contribution in [1.29, 1.82) is 0 Å². The Bertz CT molecular complexity index is 528. The number of nitrogens with zero attached hydrogens (tertiary/aromatic N) is 2. The molecule has 3 nitrogen and oxygen atoms in total. The summed E-state index contributed by atoms with van der Waals surface area (Å²) in [6.07, 6.45) is 1.59. The predicted octanol–water partition coefficient (Wildman–Crippen LogP) is 3.77. The van der Waals surface area contributed by atoms with Crippen LogP contribution >= 0.6 is 23.4 Å². The van der Waals surface area contributed by atoms with E-state index < -0.39 is 0 Å². The lowest BCUT2D eigenvalue weighted by molar-refractivity contribution is 1.00. The lowest BCUT2D eigenvalue weighted by Gasteiger charge is -2.08. The van der Waals surface area contributed by atoms with E-state index in [-0.39, 0.29) is 0 Å². The van der Waals surface area contributed by atoms with Crippen LogP contribution in [0.15, 0.2) is 35.6 Å². The number of anilines is 1. The van der Waals surface area contributed by atoms with Gasteiger partial charge in [-0.15, -0.1) is 11.8 Å². The molecule has 0 saturated heterocycles. The summed E-state index contributed by atoms with van der Waals surface area (Å²) >= 11 is 7.56. The zero-order valence-electron chi connectivity index (χ0n) is 10.3. The molecule has 0 unspecified atom stereocenters. The summed E-state index contributed by atoms with van der Waals surface area (Å²) in [7, 11) is 1.86. The molecule has 1 aromatic heterocycles. The highest BCUT2D eigenvalue weighted by molar-refractivity contribution is 7.98. The van der Waals surface area contributed by atoms with Crippen LogP contribution in [0.5, 0.6) is 0 Å². The van der Waals surface area contributed by atoms with E-state index in [9.17, 15) is 0 Å². The van der Waals surface area contributed by atoms with Gasteiger partial charge < -0.3 is 5.32 Å². The third-order valence-electron chi connectivity index (χ3n) is 2.56. The maximum absolute atomic E-state index is 5.86. The maximum atomic E-state index is 5.86. The molecular weight excluding hydrogens is 266 g/mol. The molecule has 0 radical (unpaired) electrons. The fourth-order valence-electron chi connectivity index (χ4n) is 1.56. The van der Waals surface area contributed by atoms with E-state index in [0.717, 1.165) is 27.2 Å². The average Bonchev–Trinajstić information content (AvgIpc) is 2.39. The summed E-state index contributed by atoms with van der Waals surface area (Å²) in [5, 5.41) is 4.83. The first-order valence-corrected chi connectivity index (χ1v) is 6.93. The Morgan fingerprint density at radius 1 is 1.22 bits per heavy atom. The van der Waals surface area contributed by atoms with Crippen molar-refractivity contribution >= 4 is 29.2 Å². The Morgan fingerprint density at radius 3 is 2.61 bits per heavy atom. The standard InChI is InChI=1S/C13H14ClN3S/c1-9-12(15-2)16-8-17-13(9)18-7-10-3-5-11(14)6-4-10/h3-6,8H,7H2,1-2H3,(H,15,16,17). The molecular formula is C13H14ClN3S. The van der Waals surface area contributed by atoms with Crippen molar-refractivity contribution < 1.29 is 0 Å². The van der Waals surface area contributed by atoms with E-state index in [1.165, 1.54) is 5.56 Å². The molecule has 5 heteroatoms. The van der Waals surface area contributed by atoms with Gasteiger partial charge in [-0.05, 0) is 24.6 Å². The number of aromatic nitrogens is 2. The smallest absolute Gasteiger partial charge is 0.133 e. The van der Waals surface area contributed by atoms with Gasteiger partial charge >= 0.3 is 0 Å². The number of benzene rings is 1. The van der Waals surface area contributed by atoms with Gasteiger partial charge in [0.1, 0.15) is 17.2 Å². The summed E-state index contributed by atoms with van der Waals surface area (Å²) in [6, 6.07) is 7.88. The molecule has 0 spiro atoms. The highest BCUT2D eigenvalue weighted by Gasteiger charge is 2.06. The first-order valence-electron chi connectivity index (χ1n) is 5.57. The van der Waals surface area contributed by atoms with Gasteiger partial charge in [-0.25, -0.2) is 9.97 Å². The van der Waals surface area contributed by atoms with Crippen molar-refractivity contribution in [2.24, 2.45) is 0 Å². The normalized spacial score (nSPS) is 10.4. The minimum Gasteiger partial charge on any atom is -0.373 e. The molecule has 18 heavy (non-hydrogen) atoms. The van der Waals surface area contributed by atoms with Crippen LogP contribution < -0.4 is 5.32 Å². The summed E-state index contributed by atoms with van der Waals surface area (Å²) < 4.78 is 0. The molecule has 0 aliphatic rings. The Morgan fingerprint density at radius 2 is 1.94 bits per heavy atom. The Labute approximate surface area is 116 Å². The first-order chi connectivity index (χ1) is 8.70. The number of thioether (sulfide) groups is 1. The SMILES string of the molecule is CNc1ncnc(SCc2ccc(Cl)cc2)c1C. The van der Waals surface area contributed by atoms with Crippen LogP contribution in [0.25, 0.3) is 0 Å². The van der Waals surface area contributed by atoms with Crippen LogP contribution in [-0.4, -0.2) is 17.0 Å². The topological polar surface area (TPSA) is 37.8 Å². The van der Waals surface area contributed by atoms with Crippen molar-refractivity contribution in [2.75, 3.05) is 12.4 Å². The summed E-state index contributed by atoms with van der Waals surface area (Å²) in [6.45, 7) is 2.02. The average molecular weight is 280 g/mol. The molecule has 0 amide bonds. The Kier molecular flexibility index (Phi) is 4.44. The molecule has 1 aromatic carbocycles. The second kappa shape index (κ2) is 6.07. The van der Waals surface area contributed by atoms with E-state index in [2.05, 4.69) is 15.3 Å². The lowest BCUT2D eigenvalue weighted by Crippen LogP contribution is -1.98. The molecule has 2 rings (SSSR count). The number of hydrogen-bond acceptors (Lipinski definition) is 4. The second-order valence-corrected chi connectivity index (χ2v) is 5.22. The van der Waals surface area contributed by atoms with Crippen LogP contribution in [0, 0.1) is 6.92 Å². The molecule has 0 fully saturated rings. The van der Waals surface area contributed by atoms with Crippen LogP contribution in [0.2, 0.25) is 5.02 Å². The van der Waals surface area contributed by atoms with E-state index >= 15 is 0 Å². The van der Waals surface area contributed by atoms with Crippen molar-refractivity contribution in [3.05, 3.63) is 46.7 Å². The van der Waals surface area contributed by atoms with Crippen LogP contribution in [0.4, 0.5) is 5.82 Å². The zero-order valence-corrected chi connectivity index (χ0v) is 11.8. The fourth-order valence-corrected chi connectivity index (χ4v) is 2.62. The molecule has 94 valence electrons. The van der Waals surface area contributed by atoms with Crippen LogP contribution in [-0.2, 0) is 5.75 Å². The van der Waals surface area contributed by atoms with Gasteiger partial charge in [0.2, 0.25) is 0 Å². The van der Waals surface area contributed by atoms with E-state index in [4.69, 9.17) is 11.6 Å². The van der Waals surface area contributed by atoms with Gasteiger partial charge in [0.05, 0.1) is 0 Å². The minimum absolute atomic E-state index is 0.763. The van der Waals surface area contributed by atoms with Gasteiger partial charge in [0.25, 0.3) is 0 Å². The van der Waals surface area contributed by atoms with Crippen molar-refractivity contribution in [3.8, 4) is 0 Å². The number of rotatable bonds is 4. The quantitative estimate of drug-likeness (QED) is 0.683. The summed E-state index contributed by atoms with van der Waals surface area (Å²) in [5.41, 5.74) is 2.31. The first kappa shape index (κ1) is 13.2. The van der Waals surface area contributed by atoms with Gasteiger partial charge in [-0.2, -0.15) is 0 Å². The molecule has 0 atom stereocenters. The van der Waals surface area contributed by atoms with E-state index in [1.54, 1.807) is 18.1 Å². The Balaban J connectivity index is 2.08. The number of nitrogens with one attached hydrogen (secondary N) is 1. The Hall–Kier alpha value is -1.26. The number of halogens is 1. The number of hydrogen-bond donors (Lipinski definition) is 1. The lowest BCUT2D eigenvalue weighted by atomic mass is 10.2. The van der Waals surface area contributed by atoms with E-state index in [0.29, 0.717) is 0 Å². The molecule has 1 N–H and O–H groups in total. The van der Waals surface area contributed by atoms with Gasteiger partial charge in [0, 0.05) is 23.4 Å². The molecule has 0 bridgehead atoms. The van der Waals surface area contributed by atoms with Crippen LogP contribution in [0.1, 0.15) is 11.1 Å². The molecule has 0 aliphatic carbocycles. The van der Waals surface area contributed by atoms with Crippen molar-refractivity contribution in [1.82, 2.24) is 9.97 Å². The maximum Gasteiger partial charge on any atom is 0.133 e. The largest absolute Gasteiger partial charge is 0.373 e. The van der Waals surface area contributed by atoms with Gasteiger partial charge in [-0.1, -0.05) is 23.7 Å². The highest BCUT2D eigenvalue weighted by atomic mass is 35.5.